The fourth-order valence-corrected chi connectivity index (χ4v) is 4.62. The van der Waals surface area contributed by atoms with Gasteiger partial charge < -0.3 is 9.47 Å². The van der Waals surface area contributed by atoms with Crippen LogP contribution in [0.1, 0.15) is 50.1 Å². The molecule has 1 fully saturated rings. The molecule has 168 valence electrons. The highest BCUT2D eigenvalue weighted by Gasteiger charge is 2.34. The zero-order chi connectivity index (χ0) is 23.2. The van der Waals surface area contributed by atoms with E-state index in [1.165, 1.54) is 23.3 Å². The summed E-state index contributed by atoms with van der Waals surface area (Å²) in [5, 5.41) is 0. The van der Waals surface area contributed by atoms with Gasteiger partial charge in [0.1, 0.15) is 11.6 Å². The minimum Gasteiger partial charge on any atom is -0.323 e. The van der Waals surface area contributed by atoms with Crippen molar-refractivity contribution in [3.05, 3.63) is 95.6 Å². The summed E-state index contributed by atoms with van der Waals surface area (Å²) >= 11 is 0. The Morgan fingerprint density at radius 2 is 1.67 bits per heavy atom. The smallest absolute Gasteiger partial charge is 0.227 e. The predicted molar refractivity (Wildman–Crippen MR) is 130 cm³/mol. The standard InChI is InChI=1S/C28H28FN3O/c1-28(2,3)21-10-8-19(9-11-21)17-32-25-7-5-4-6-24(25)30-27(32)20-16-26(33)31(18-20)23-14-12-22(29)13-15-23/h4-15,20H,16-18H2,1-3H3. The second kappa shape index (κ2) is 8.14. The lowest BCUT2D eigenvalue weighted by atomic mass is 9.87. The van der Waals surface area contributed by atoms with Crippen molar-refractivity contribution in [3.63, 3.8) is 0 Å². The van der Waals surface area contributed by atoms with E-state index >= 15 is 0 Å². The van der Waals surface area contributed by atoms with Crippen LogP contribution in [0.15, 0.2) is 72.8 Å². The van der Waals surface area contributed by atoms with Gasteiger partial charge in [-0.15, -0.1) is 0 Å². The molecule has 0 saturated carbocycles. The quantitative estimate of drug-likeness (QED) is 0.387. The lowest BCUT2D eigenvalue weighted by Gasteiger charge is -2.20. The number of nitrogens with zero attached hydrogens (tertiary/aromatic N) is 3. The number of carbonyl (C=O) groups excluding carboxylic acids is 1. The average Bonchev–Trinajstić information content (AvgIpc) is 3.35. The summed E-state index contributed by atoms with van der Waals surface area (Å²) < 4.78 is 15.6. The molecule has 1 aliphatic rings. The van der Waals surface area contributed by atoms with Gasteiger partial charge in [-0.25, -0.2) is 9.37 Å². The summed E-state index contributed by atoms with van der Waals surface area (Å²) in [7, 11) is 0. The van der Waals surface area contributed by atoms with E-state index in [0.717, 1.165) is 22.5 Å². The molecule has 0 bridgehead atoms. The lowest BCUT2D eigenvalue weighted by Crippen LogP contribution is -2.24. The van der Waals surface area contributed by atoms with Crippen LogP contribution in [0, 0.1) is 5.82 Å². The Hall–Kier alpha value is -3.47. The summed E-state index contributed by atoms with van der Waals surface area (Å²) in [4.78, 5) is 19.5. The van der Waals surface area contributed by atoms with Gasteiger partial charge in [0.25, 0.3) is 0 Å². The van der Waals surface area contributed by atoms with Gasteiger partial charge in [0, 0.05) is 31.1 Å². The fraction of sp³-hybridized carbons (Fsp3) is 0.286. The second-order valence-electron chi connectivity index (χ2n) is 9.87. The first-order valence-corrected chi connectivity index (χ1v) is 11.4. The van der Waals surface area contributed by atoms with Crippen molar-refractivity contribution in [1.29, 1.82) is 0 Å². The number of halogens is 1. The summed E-state index contributed by atoms with van der Waals surface area (Å²) in [5.41, 5.74) is 5.35. The van der Waals surface area contributed by atoms with Crippen molar-refractivity contribution < 1.29 is 9.18 Å². The van der Waals surface area contributed by atoms with Crippen molar-refractivity contribution in [2.75, 3.05) is 11.4 Å². The molecule has 4 nitrogen and oxygen atoms in total. The van der Waals surface area contributed by atoms with Crippen molar-refractivity contribution in [3.8, 4) is 0 Å². The Balaban J connectivity index is 1.48. The van der Waals surface area contributed by atoms with E-state index in [1.807, 2.05) is 18.2 Å². The van der Waals surface area contributed by atoms with Crippen LogP contribution in [0.5, 0.6) is 0 Å². The maximum atomic E-state index is 13.4. The summed E-state index contributed by atoms with van der Waals surface area (Å²) in [5.74, 6) is 0.638. The average molecular weight is 442 g/mol. The molecule has 0 spiro atoms. The number of amides is 1. The van der Waals surface area contributed by atoms with Crippen LogP contribution >= 0.6 is 0 Å². The number of aromatic nitrogens is 2. The number of benzene rings is 3. The number of imidazole rings is 1. The van der Waals surface area contributed by atoms with Gasteiger partial charge in [-0.1, -0.05) is 57.2 Å². The van der Waals surface area contributed by atoms with E-state index in [0.29, 0.717) is 19.5 Å². The molecule has 0 radical (unpaired) electrons. The molecule has 1 unspecified atom stereocenters. The van der Waals surface area contributed by atoms with Crippen molar-refractivity contribution in [2.45, 2.75) is 45.1 Å². The second-order valence-corrected chi connectivity index (χ2v) is 9.87. The summed E-state index contributed by atoms with van der Waals surface area (Å²) in [6, 6.07) is 23.0. The molecule has 1 aliphatic heterocycles. The Labute approximate surface area is 193 Å². The number of carbonyl (C=O) groups is 1. The van der Waals surface area contributed by atoms with Crippen LogP contribution in [0.2, 0.25) is 0 Å². The molecule has 2 heterocycles. The van der Waals surface area contributed by atoms with Crippen molar-refractivity contribution >= 4 is 22.6 Å². The molecule has 1 saturated heterocycles. The van der Waals surface area contributed by atoms with Crippen molar-refractivity contribution in [2.24, 2.45) is 0 Å². The number of hydrogen-bond donors (Lipinski definition) is 0. The van der Waals surface area contributed by atoms with E-state index in [2.05, 4.69) is 55.7 Å². The third-order valence-electron chi connectivity index (χ3n) is 6.47. The third kappa shape index (κ3) is 4.15. The Morgan fingerprint density at radius 1 is 0.970 bits per heavy atom. The highest BCUT2D eigenvalue weighted by molar-refractivity contribution is 5.96. The van der Waals surface area contributed by atoms with Crippen LogP contribution in [0.25, 0.3) is 11.0 Å². The minimum absolute atomic E-state index is 0.0243. The predicted octanol–water partition coefficient (Wildman–Crippen LogP) is 6.04. The van der Waals surface area contributed by atoms with Gasteiger partial charge in [0.05, 0.1) is 11.0 Å². The first-order chi connectivity index (χ1) is 15.8. The first-order valence-electron chi connectivity index (χ1n) is 11.4. The normalized spacial score (nSPS) is 16.7. The van der Waals surface area contributed by atoms with Gasteiger partial charge in [-0.2, -0.15) is 0 Å². The van der Waals surface area contributed by atoms with Gasteiger partial charge in [0.2, 0.25) is 5.91 Å². The summed E-state index contributed by atoms with van der Waals surface area (Å²) in [6.45, 7) is 7.88. The van der Waals surface area contributed by atoms with Gasteiger partial charge in [-0.05, 0) is 52.9 Å². The molecule has 33 heavy (non-hydrogen) atoms. The molecular weight excluding hydrogens is 413 g/mol. The van der Waals surface area contributed by atoms with Crippen LogP contribution in [0.3, 0.4) is 0 Å². The molecule has 1 amide bonds. The first kappa shape index (κ1) is 21.4. The summed E-state index contributed by atoms with van der Waals surface area (Å²) in [6.07, 6.45) is 0.393. The van der Waals surface area contributed by atoms with E-state index in [4.69, 9.17) is 4.98 Å². The molecule has 1 atom stereocenters. The maximum Gasteiger partial charge on any atom is 0.227 e. The number of rotatable bonds is 4. The number of fused-ring (bicyclic) bond motifs is 1. The van der Waals surface area contributed by atoms with Crippen LogP contribution in [0.4, 0.5) is 10.1 Å². The molecule has 3 aromatic carbocycles. The Morgan fingerprint density at radius 3 is 2.36 bits per heavy atom. The van der Waals surface area contributed by atoms with E-state index in [1.54, 1.807) is 17.0 Å². The third-order valence-corrected chi connectivity index (χ3v) is 6.47. The maximum absolute atomic E-state index is 13.4. The van der Waals surface area contributed by atoms with Crippen LogP contribution in [-0.2, 0) is 16.8 Å². The van der Waals surface area contributed by atoms with Gasteiger partial charge in [-0.3, -0.25) is 4.79 Å². The highest BCUT2D eigenvalue weighted by atomic mass is 19.1. The molecule has 0 aliphatic carbocycles. The zero-order valence-corrected chi connectivity index (χ0v) is 19.3. The van der Waals surface area contributed by atoms with E-state index < -0.39 is 0 Å². The zero-order valence-electron chi connectivity index (χ0n) is 19.3. The monoisotopic (exact) mass is 441 g/mol. The number of hydrogen-bond acceptors (Lipinski definition) is 2. The van der Waals surface area contributed by atoms with Gasteiger partial charge in [0.15, 0.2) is 0 Å². The molecule has 1 aromatic heterocycles. The van der Waals surface area contributed by atoms with Crippen LogP contribution in [-0.4, -0.2) is 22.0 Å². The number of para-hydroxylation sites is 2. The van der Waals surface area contributed by atoms with Gasteiger partial charge >= 0.3 is 0 Å². The highest BCUT2D eigenvalue weighted by Crippen LogP contribution is 2.34. The SMILES string of the molecule is CC(C)(C)c1ccc(Cn2c(C3CC(=O)N(c4ccc(F)cc4)C3)nc3ccccc32)cc1. The fourth-order valence-electron chi connectivity index (χ4n) is 4.62. The lowest BCUT2D eigenvalue weighted by molar-refractivity contribution is -0.117. The minimum atomic E-state index is -0.304. The molecule has 0 N–H and O–H groups in total. The number of anilines is 1. The molecule has 4 aromatic rings. The largest absolute Gasteiger partial charge is 0.323 e. The Bertz CT molecular complexity index is 1300. The molecular formula is C28H28FN3O. The molecule has 5 heteroatoms. The van der Waals surface area contributed by atoms with E-state index in [9.17, 15) is 9.18 Å². The Kier molecular flexibility index (Phi) is 5.28. The molecule has 5 rings (SSSR count). The van der Waals surface area contributed by atoms with Crippen LogP contribution < -0.4 is 4.90 Å². The van der Waals surface area contributed by atoms with E-state index in [-0.39, 0.29) is 23.1 Å². The topological polar surface area (TPSA) is 38.1 Å². The van der Waals surface area contributed by atoms with Crippen molar-refractivity contribution in [1.82, 2.24) is 9.55 Å².